The smallest absolute Gasteiger partial charge is 0.298 e. The van der Waals surface area contributed by atoms with Gasteiger partial charge in [0.25, 0.3) is 6.01 Å². The molecule has 3 heterocycles. The van der Waals surface area contributed by atoms with Crippen molar-refractivity contribution in [1.29, 1.82) is 0 Å². The van der Waals surface area contributed by atoms with Crippen LogP contribution in [0.25, 0.3) is 11.1 Å². The molecule has 1 saturated heterocycles. The lowest BCUT2D eigenvalue weighted by Crippen LogP contribution is -2.35. The average Bonchev–Trinajstić information content (AvgIpc) is 3.04. The topological polar surface area (TPSA) is 64.3 Å². The molecule has 2 aromatic heterocycles. The summed E-state index contributed by atoms with van der Waals surface area (Å²) in [5.74, 6) is 1.08. The van der Waals surface area contributed by atoms with Gasteiger partial charge in [-0.3, -0.25) is 4.98 Å². The first-order chi connectivity index (χ1) is 11.8. The summed E-state index contributed by atoms with van der Waals surface area (Å²) in [6, 6.07) is 6.17. The summed E-state index contributed by atoms with van der Waals surface area (Å²) in [6.07, 6.45) is 6.97. The summed E-state index contributed by atoms with van der Waals surface area (Å²) < 4.78 is 11.5. The summed E-state index contributed by atoms with van der Waals surface area (Å²) in [5.41, 5.74) is 1.56. The highest BCUT2D eigenvalue weighted by Crippen LogP contribution is 2.28. The van der Waals surface area contributed by atoms with Crippen LogP contribution in [0.3, 0.4) is 0 Å². The van der Waals surface area contributed by atoms with Gasteiger partial charge in [-0.15, -0.1) is 0 Å². The number of hydrogen-bond donors (Lipinski definition) is 0. The maximum absolute atomic E-state index is 5.99. The molecule has 1 aromatic carbocycles. The first-order valence-electron chi connectivity index (χ1n) is 7.98. The molecule has 0 unspecified atom stereocenters. The van der Waals surface area contributed by atoms with Gasteiger partial charge in [-0.05, 0) is 30.9 Å². The second kappa shape index (κ2) is 6.65. The molecule has 0 N–H and O–H groups in total. The maximum Gasteiger partial charge on any atom is 0.298 e. The van der Waals surface area contributed by atoms with Gasteiger partial charge in [0.1, 0.15) is 5.52 Å². The van der Waals surface area contributed by atoms with Crippen LogP contribution in [0, 0.1) is 5.92 Å². The maximum atomic E-state index is 5.99. The number of halogens is 1. The molecule has 3 aromatic rings. The fourth-order valence-corrected chi connectivity index (χ4v) is 3.04. The van der Waals surface area contributed by atoms with Gasteiger partial charge in [-0.2, -0.15) is 4.98 Å². The monoisotopic (exact) mass is 344 g/mol. The summed E-state index contributed by atoms with van der Waals surface area (Å²) >= 11 is 5.99. The molecule has 0 atom stereocenters. The minimum Gasteiger partial charge on any atom is -0.476 e. The van der Waals surface area contributed by atoms with Gasteiger partial charge in [0.15, 0.2) is 5.58 Å². The van der Waals surface area contributed by atoms with Gasteiger partial charge in [-0.1, -0.05) is 11.6 Å². The van der Waals surface area contributed by atoms with Crippen molar-refractivity contribution in [3.63, 3.8) is 0 Å². The fraction of sp³-hybridized carbons (Fsp3) is 0.353. The Labute approximate surface area is 144 Å². The summed E-state index contributed by atoms with van der Waals surface area (Å²) in [5, 5.41) is 0.657. The van der Waals surface area contributed by atoms with Crippen molar-refractivity contribution < 1.29 is 9.15 Å². The molecule has 7 heteroatoms. The van der Waals surface area contributed by atoms with Crippen LogP contribution in [-0.2, 0) is 0 Å². The van der Waals surface area contributed by atoms with E-state index in [2.05, 4.69) is 19.9 Å². The molecule has 0 spiro atoms. The van der Waals surface area contributed by atoms with E-state index < -0.39 is 0 Å². The Morgan fingerprint density at radius 1 is 1.25 bits per heavy atom. The van der Waals surface area contributed by atoms with Crippen molar-refractivity contribution in [2.24, 2.45) is 5.92 Å². The van der Waals surface area contributed by atoms with Crippen molar-refractivity contribution in [1.82, 2.24) is 15.0 Å². The zero-order chi connectivity index (χ0) is 16.4. The number of piperidine rings is 1. The molecular formula is C17H17ClN4O2. The van der Waals surface area contributed by atoms with Crippen LogP contribution in [0.15, 0.2) is 41.2 Å². The molecule has 0 amide bonds. The third-order valence-corrected chi connectivity index (χ3v) is 4.47. The lowest BCUT2D eigenvalue weighted by Gasteiger charge is -2.30. The lowest BCUT2D eigenvalue weighted by molar-refractivity contribution is 0.214. The first kappa shape index (κ1) is 15.2. The summed E-state index contributed by atoms with van der Waals surface area (Å²) in [6.45, 7) is 2.46. The molecule has 0 bridgehead atoms. The van der Waals surface area contributed by atoms with Crippen LogP contribution in [0.5, 0.6) is 5.88 Å². The van der Waals surface area contributed by atoms with Crippen LogP contribution >= 0.6 is 11.6 Å². The molecule has 1 aliphatic rings. The molecular weight excluding hydrogens is 328 g/mol. The van der Waals surface area contributed by atoms with Crippen molar-refractivity contribution >= 4 is 28.7 Å². The minimum absolute atomic E-state index is 0.502. The van der Waals surface area contributed by atoms with Crippen LogP contribution in [0.1, 0.15) is 12.8 Å². The Bertz CT molecular complexity index is 816. The van der Waals surface area contributed by atoms with E-state index in [1.54, 1.807) is 24.7 Å². The van der Waals surface area contributed by atoms with Gasteiger partial charge < -0.3 is 14.1 Å². The van der Waals surface area contributed by atoms with Crippen molar-refractivity contribution in [3.05, 3.63) is 41.8 Å². The van der Waals surface area contributed by atoms with E-state index in [9.17, 15) is 0 Å². The third-order valence-electron chi connectivity index (χ3n) is 4.23. The Morgan fingerprint density at radius 3 is 2.92 bits per heavy atom. The number of hydrogen-bond acceptors (Lipinski definition) is 6. The number of ether oxygens (including phenoxy) is 1. The molecule has 24 heavy (non-hydrogen) atoms. The van der Waals surface area contributed by atoms with E-state index in [0.29, 0.717) is 29.4 Å². The Morgan fingerprint density at radius 2 is 2.12 bits per heavy atom. The van der Waals surface area contributed by atoms with Gasteiger partial charge in [0.2, 0.25) is 5.88 Å². The number of nitrogens with zero attached hydrogens (tertiary/aromatic N) is 4. The highest BCUT2D eigenvalue weighted by molar-refractivity contribution is 6.31. The van der Waals surface area contributed by atoms with Gasteiger partial charge in [0.05, 0.1) is 12.8 Å². The van der Waals surface area contributed by atoms with Gasteiger partial charge >= 0.3 is 0 Å². The minimum atomic E-state index is 0.502. The molecule has 6 nitrogen and oxygen atoms in total. The molecule has 124 valence electrons. The van der Waals surface area contributed by atoms with Crippen LogP contribution in [-0.4, -0.2) is 34.6 Å². The number of anilines is 1. The van der Waals surface area contributed by atoms with E-state index in [1.165, 1.54) is 0 Å². The van der Waals surface area contributed by atoms with E-state index in [0.717, 1.165) is 37.0 Å². The lowest BCUT2D eigenvalue weighted by atomic mass is 9.98. The predicted molar refractivity (Wildman–Crippen MR) is 91.5 cm³/mol. The average molecular weight is 345 g/mol. The quantitative estimate of drug-likeness (QED) is 0.721. The van der Waals surface area contributed by atoms with Crippen LogP contribution < -0.4 is 9.64 Å². The fourth-order valence-electron chi connectivity index (χ4n) is 2.88. The molecule has 1 aliphatic heterocycles. The van der Waals surface area contributed by atoms with Crippen molar-refractivity contribution in [2.45, 2.75) is 12.8 Å². The highest BCUT2D eigenvalue weighted by Gasteiger charge is 2.23. The van der Waals surface area contributed by atoms with Gasteiger partial charge in [0, 0.05) is 36.6 Å². The second-order valence-corrected chi connectivity index (χ2v) is 6.33. The second-order valence-electron chi connectivity index (χ2n) is 5.89. The Hall–Kier alpha value is -2.34. The Balaban J connectivity index is 1.35. The zero-order valence-electron chi connectivity index (χ0n) is 13.1. The van der Waals surface area contributed by atoms with Gasteiger partial charge in [-0.25, -0.2) is 4.98 Å². The predicted octanol–water partition coefficient (Wildman–Crippen LogP) is 3.57. The summed E-state index contributed by atoms with van der Waals surface area (Å²) in [7, 11) is 0. The molecule has 0 aliphatic carbocycles. The van der Waals surface area contributed by atoms with E-state index in [1.807, 2.05) is 12.1 Å². The molecule has 0 radical (unpaired) electrons. The SMILES string of the molecule is Clc1ccc2nc(N3CCC(COc4cnccn4)CC3)oc2c1. The first-order valence-corrected chi connectivity index (χ1v) is 8.35. The van der Waals surface area contributed by atoms with Crippen molar-refractivity contribution in [3.8, 4) is 5.88 Å². The number of rotatable bonds is 4. The Kier molecular flexibility index (Phi) is 4.21. The zero-order valence-corrected chi connectivity index (χ0v) is 13.8. The number of benzene rings is 1. The largest absolute Gasteiger partial charge is 0.476 e. The van der Waals surface area contributed by atoms with Crippen molar-refractivity contribution in [2.75, 3.05) is 24.6 Å². The van der Waals surface area contributed by atoms with Crippen LogP contribution in [0.2, 0.25) is 5.02 Å². The normalized spacial score (nSPS) is 15.8. The van der Waals surface area contributed by atoms with E-state index >= 15 is 0 Å². The number of oxazole rings is 1. The highest BCUT2D eigenvalue weighted by atomic mass is 35.5. The number of fused-ring (bicyclic) bond motifs is 1. The van der Waals surface area contributed by atoms with E-state index in [-0.39, 0.29) is 0 Å². The molecule has 4 rings (SSSR count). The number of aromatic nitrogens is 3. The molecule has 0 saturated carbocycles. The third kappa shape index (κ3) is 3.28. The van der Waals surface area contributed by atoms with Crippen LogP contribution in [0.4, 0.5) is 6.01 Å². The van der Waals surface area contributed by atoms with E-state index in [4.69, 9.17) is 20.8 Å². The molecule has 1 fully saturated rings. The summed E-state index contributed by atoms with van der Waals surface area (Å²) in [4.78, 5) is 14.8. The standard InChI is InChI=1S/C17H17ClN4O2/c18-13-1-2-14-15(9-13)24-17(21-14)22-7-3-12(4-8-22)11-23-16-10-19-5-6-20-16/h1-2,5-6,9-10,12H,3-4,7-8,11H2.